The number of hydrogen-bond donors (Lipinski definition) is 3. The van der Waals surface area contributed by atoms with Crippen LogP contribution in [0.5, 0.6) is 0 Å². The number of alkyl carbamates (subject to hydrolysis) is 1. The number of carboxylic acid groups (broad SMARTS) is 1. The van der Waals surface area contributed by atoms with E-state index in [-0.39, 0.29) is 36.4 Å². The van der Waals surface area contributed by atoms with Crippen LogP contribution in [0.2, 0.25) is 0 Å². The van der Waals surface area contributed by atoms with Crippen molar-refractivity contribution in [1.82, 2.24) is 15.1 Å². The van der Waals surface area contributed by atoms with E-state index >= 15 is 0 Å². The van der Waals surface area contributed by atoms with Crippen LogP contribution >= 0.6 is 0 Å². The Hall–Kier alpha value is -4.14. The maximum Gasteiger partial charge on any atom is 0.407 e. The molecule has 176 valence electrons. The highest BCUT2D eigenvalue weighted by Crippen LogP contribution is 2.44. The van der Waals surface area contributed by atoms with Crippen molar-refractivity contribution in [2.24, 2.45) is 13.0 Å². The largest absolute Gasteiger partial charge is 0.477 e. The first-order chi connectivity index (χ1) is 16.4. The van der Waals surface area contributed by atoms with E-state index in [9.17, 15) is 19.5 Å². The normalized spacial score (nSPS) is 13.0. The summed E-state index contributed by atoms with van der Waals surface area (Å²) >= 11 is 0. The molecule has 0 fully saturated rings. The van der Waals surface area contributed by atoms with Crippen LogP contribution in [-0.2, 0) is 16.6 Å². The van der Waals surface area contributed by atoms with Crippen LogP contribution in [-0.4, -0.2) is 46.0 Å². The number of carboxylic acids is 1. The molecular weight excluding hydrogens is 436 g/mol. The van der Waals surface area contributed by atoms with E-state index in [1.54, 1.807) is 14.0 Å². The summed E-state index contributed by atoms with van der Waals surface area (Å²) in [6.07, 6.45) is 0.992. The number of rotatable bonds is 8. The number of aromatic nitrogens is 2. The minimum absolute atomic E-state index is 0.0230. The SMILES string of the molecule is CC(CCNC(=O)OCC1c2ccccc2-c2ccccc21)C(=O)Nc1c(C(=O)O)cnn1C. The quantitative estimate of drug-likeness (QED) is 0.470. The molecule has 1 atom stereocenters. The minimum atomic E-state index is -1.17. The highest BCUT2D eigenvalue weighted by Gasteiger charge is 2.29. The Morgan fingerprint density at radius 3 is 2.32 bits per heavy atom. The highest BCUT2D eigenvalue weighted by molar-refractivity contribution is 5.99. The third kappa shape index (κ3) is 4.63. The van der Waals surface area contributed by atoms with E-state index in [0.717, 1.165) is 22.3 Å². The molecule has 4 rings (SSSR count). The van der Waals surface area contributed by atoms with Gasteiger partial charge in [-0.05, 0) is 28.7 Å². The first-order valence-electron chi connectivity index (χ1n) is 11.0. The minimum Gasteiger partial charge on any atom is -0.477 e. The van der Waals surface area contributed by atoms with Crippen molar-refractivity contribution in [3.63, 3.8) is 0 Å². The van der Waals surface area contributed by atoms with E-state index in [4.69, 9.17) is 4.74 Å². The first kappa shape index (κ1) is 23.0. The fourth-order valence-corrected chi connectivity index (χ4v) is 4.15. The fraction of sp³-hybridized carbons (Fsp3) is 0.280. The second kappa shape index (κ2) is 9.78. The van der Waals surface area contributed by atoms with Crippen molar-refractivity contribution >= 4 is 23.8 Å². The Balaban J connectivity index is 1.26. The number of anilines is 1. The van der Waals surface area contributed by atoms with Crippen molar-refractivity contribution in [2.75, 3.05) is 18.5 Å². The molecule has 3 aromatic rings. The molecular formula is C25H26N4O5. The summed E-state index contributed by atoms with van der Waals surface area (Å²) in [6, 6.07) is 16.2. The van der Waals surface area contributed by atoms with Crippen LogP contribution in [0.25, 0.3) is 11.1 Å². The number of nitrogens with zero attached hydrogens (tertiary/aromatic N) is 2. The molecule has 1 aliphatic rings. The van der Waals surface area contributed by atoms with E-state index in [2.05, 4.69) is 40.0 Å². The number of ether oxygens (including phenoxy) is 1. The molecule has 34 heavy (non-hydrogen) atoms. The number of aryl methyl sites for hydroxylation is 1. The molecule has 1 unspecified atom stereocenters. The number of aromatic carboxylic acids is 1. The van der Waals surface area contributed by atoms with Gasteiger partial charge in [0.25, 0.3) is 0 Å². The van der Waals surface area contributed by atoms with Gasteiger partial charge < -0.3 is 20.5 Å². The molecule has 0 aliphatic heterocycles. The van der Waals surface area contributed by atoms with Gasteiger partial charge in [-0.2, -0.15) is 5.10 Å². The lowest BCUT2D eigenvalue weighted by molar-refractivity contribution is -0.119. The molecule has 0 spiro atoms. The van der Waals surface area contributed by atoms with E-state index < -0.39 is 18.0 Å². The second-order valence-electron chi connectivity index (χ2n) is 8.27. The van der Waals surface area contributed by atoms with E-state index in [1.165, 1.54) is 10.9 Å². The maximum absolute atomic E-state index is 12.5. The van der Waals surface area contributed by atoms with Gasteiger partial charge in [-0.3, -0.25) is 9.48 Å². The third-order valence-electron chi connectivity index (χ3n) is 6.05. The molecule has 0 saturated heterocycles. The van der Waals surface area contributed by atoms with E-state index in [0.29, 0.717) is 6.42 Å². The van der Waals surface area contributed by atoms with Gasteiger partial charge in [0.2, 0.25) is 5.91 Å². The summed E-state index contributed by atoms with van der Waals surface area (Å²) in [6.45, 7) is 2.16. The summed E-state index contributed by atoms with van der Waals surface area (Å²) in [5.41, 5.74) is 4.51. The average Bonchev–Trinajstić information content (AvgIpc) is 3.35. The molecule has 0 bridgehead atoms. The standard InChI is InChI=1S/C25H26N4O5/c1-15(23(30)28-22-20(24(31)32)13-27-29(22)2)11-12-26-25(33)34-14-21-18-9-5-3-7-16(18)17-8-4-6-10-19(17)21/h3-10,13,15,21H,11-12,14H2,1-2H3,(H,26,33)(H,28,30)(H,31,32). The van der Waals surface area contributed by atoms with Crippen LogP contribution < -0.4 is 10.6 Å². The summed E-state index contributed by atoms with van der Waals surface area (Å²) in [7, 11) is 1.55. The monoisotopic (exact) mass is 462 g/mol. The van der Waals surface area contributed by atoms with Gasteiger partial charge >= 0.3 is 12.1 Å². The molecule has 3 N–H and O–H groups in total. The molecule has 1 heterocycles. The lowest BCUT2D eigenvalue weighted by Crippen LogP contribution is -2.30. The lowest BCUT2D eigenvalue weighted by atomic mass is 9.98. The third-order valence-corrected chi connectivity index (χ3v) is 6.05. The van der Waals surface area contributed by atoms with Gasteiger partial charge in [-0.1, -0.05) is 55.5 Å². The summed E-state index contributed by atoms with van der Waals surface area (Å²) in [5, 5.41) is 18.4. The smallest absolute Gasteiger partial charge is 0.407 e. The highest BCUT2D eigenvalue weighted by atomic mass is 16.5. The van der Waals surface area contributed by atoms with Crippen LogP contribution in [0.15, 0.2) is 54.7 Å². The Kier molecular flexibility index (Phi) is 6.62. The lowest BCUT2D eigenvalue weighted by Gasteiger charge is -2.16. The molecule has 2 aromatic carbocycles. The summed E-state index contributed by atoms with van der Waals surface area (Å²) in [5.74, 6) is -1.90. The van der Waals surface area contributed by atoms with Crippen molar-refractivity contribution in [2.45, 2.75) is 19.3 Å². The summed E-state index contributed by atoms with van der Waals surface area (Å²) < 4.78 is 6.79. The van der Waals surface area contributed by atoms with E-state index in [1.807, 2.05) is 24.3 Å². The number of nitrogens with one attached hydrogen (secondary N) is 2. The Morgan fingerprint density at radius 1 is 1.09 bits per heavy atom. The number of carbonyl (C=O) groups excluding carboxylic acids is 2. The van der Waals surface area contributed by atoms with Gasteiger partial charge in [0.05, 0.1) is 6.20 Å². The number of fused-ring (bicyclic) bond motifs is 3. The Morgan fingerprint density at radius 2 is 1.71 bits per heavy atom. The zero-order chi connectivity index (χ0) is 24.2. The van der Waals surface area contributed by atoms with Crippen molar-refractivity contribution in [3.05, 3.63) is 71.4 Å². The predicted octanol–water partition coefficient (Wildman–Crippen LogP) is 3.62. The first-order valence-corrected chi connectivity index (χ1v) is 11.0. The maximum atomic E-state index is 12.5. The molecule has 1 aromatic heterocycles. The number of carbonyl (C=O) groups is 3. The van der Waals surface area contributed by atoms with Crippen molar-refractivity contribution in [1.29, 1.82) is 0 Å². The van der Waals surface area contributed by atoms with Gasteiger partial charge in [0.15, 0.2) is 0 Å². The summed E-state index contributed by atoms with van der Waals surface area (Å²) in [4.78, 5) is 36.0. The molecule has 1 aliphatic carbocycles. The van der Waals surface area contributed by atoms with Crippen LogP contribution in [0.3, 0.4) is 0 Å². The van der Waals surface area contributed by atoms with Gasteiger partial charge in [0.1, 0.15) is 18.0 Å². The van der Waals surface area contributed by atoms with Crippen LogP contribution in [0, 0.1) is 5.92 Å². The molecule has 0 saturated carbocycles. The predicted molar refractivity (Wildman–Crippen MR) is 126 cm³/mol. The number of amides is 2. The van der Waals surface area contributed by atoms with Gasteiger partial charge in [-0.25, -0.2) is 9.59 Å². The van der Waals surface area contributed by atoms with Crippen LogP contribution in [0.4, 0.5) is 10.6 Å². The van der Waals surface area contributed by atoms with Gasteiger partial charge in [-0.15, -0.1) is 0 Å². The molecule has 9 nitrogen and oxygen atoms in total. The molecule has 0 radical (unpaired) electrons. The van der Waals surface area contributed by atoms with Crippen molar-refractivity contribution < 1.29 is 24.2 Å². The molecule has 9 heteroatoms. The Bertz CT molecular complexity index is 1190. The van der Waals surface area contributed by atoms with Gasteiger partial charge in [0, 0.05) is 25.4 Å². The zero-order valence-electron chi connectivity index (χ0n) is 18.9. The number of hydrogen-bond acceptors (Lipinski definition) is 5. The Labute approximate surface area is 196 Å². The topological polar surface area (TPSA) is 123 Å². The fourth-order valence-electron chi connectivity index (χ4n) is 4.15. The molecule has 2 amide bonds. The second-order valence-corrected chi connectivity index (χ2v) is 8.27. The number of benzene rings is 2. The zero-order valence-corrected chi connectivity index (χ0v) is 18.9. The average molecular weight is 463 g/mol. The van der Waals surface area contributed by atoms with Crippen molar-refractivity contribution in [3.8, 4) is 11.1 Å². The van der Waals surface area contributed by atoms with Crippen LogP contribution in [0.1, 0.15) is 40.7 Å².